The molecule has 0 radical (unpaired) electrons. The SMILES string of the molecule is Clc1c(-c2cccc3cccc(-c4ccccc4)c23)c2ccccc2c2ccccc12. The summed E-state index contributed by atoms with van der Waals surface area (Å²) in [4.78, 5) is 0. The van der Waals surface area contributed by atoms with Crippen LogP contribution in [0.2, 0.25) is 5.02 Å². The number of fused-ring (bicyclic) bond motifs is 4. The Bertz CT molecular complexity index is 1570. The zero-order chi connectivity index (χ0) is 20.8. The molecule has 0 N–H and O–H groups in total. The van der Waals surface area contributed by atoms with Crippen LogP contribution in [0.3, 0.4) is 0 Å². The summed E-state index contributed by atoms with van der Waals surface area (Å²) in [5.74, 6) is 0. The van der Waals surface area contributed by atoms with Crippen molar-refractivity contribution in [3.05, 3.63) is 120 Å². The lowest BCUT2D eigenvalue weighted by molar-refractivity contribution is 1.64. The fourth-order valence-electron chi connectivity index (χ4n) is 4.77. The van der Waals surface area contributed by atoms with Gasteiger partial charge in [0.2, 0.25) is 0 Å². The van der Waals surface area contributed by atoms with Gasteiger partial charge >= 0.3 is 0 Å². The van der Waals surface area contributed by atoms with E-state index in [2.05, 4.69) is 115 Å². The van der Waals surface area contributed by atoms with E-state index in [1.54, 1.807) is 0 Å². The molecule has 0 atom stereocenters. The Morgan fingerprint density at radius 3 is 1.68 bits per heavy atom. The van der Waals surface area contributed by atoms with Crippen LogP contribution in [0.15, 0.2) is 115 Å². The van der Waals surface area contributed by atoms with Crippen molar-refractivity contribution in [1.29, 1.82) is 0 Å². The van der Waals surface area contributed by atoms with E-state index >= 15 is 0 Å². The minimum Gasteiger partial charge on any atom is -0.0830 e. The fraction of sp³-hybridized carbons (Fsp3) is 0. The largest absolute Gasteiger partial charge is 0.0830 e. The molecular formula is C30H19Cl. The summed E-state index contributed by atoms with van der Waals surface area (Å²) >= 11 is 7.15. The monoisotopic (exact) mass is 414 g/mol. The average Bonchev–Trinajstić information content (AvgIpc) is 2.84. The smallest absolute Gasteiger partial charge is 0.0569 e. The van der Waals surface area contributed by atoms with Crippen molar-refractivity contribution >= 4 is 43.9 Å². The highest BCUT2D eigenvalue weighted by Gasteiger charge is 2.17. The van der Waals surface area contributed by atoms with Crippen LogP contribution in [0.25, 0.3) is 54.6 Å². The van der Waals surface area contributed by atoms with Crippen LogP contribution in [0.1, 0.15) is 0 Å². The lowest BCUT2D eigenvalue weighted by atomic mass is 9.87. The zero-order valence-corrected chi connectivity index (χ0v) is 17.6. The van der Waals surface area contributed by atoms with E-state index in [1.165, 1.54) is 43.6 Å². The molecule has 0 amide bonds. The molecule has 6 aromatic carbocycles. The quantitative estimate of drug-likeness (QED) is 0.248. The lowest BCUT2D eigenvalue weighted by Crippen LogP contribution is -1.90. The third-order valence-electron chi connectivity index (χ3n) is 6.13. The van der Waals surface area contributed by atoms with Crippen LogP contribution < -0.4 is 0 Å². The standard InChI is InChI=1S/C30H19Cl/c31-30-26-17-7-5-15-24(26)23-14-4-6-16-25(23)29(30)27-19-9-13-21-12-8-18-22(28(21)27)20-10-2-1-3-11-20/h1-19H. The Morgan fingerprint density at radius 1 is 0.419 bits per heavy atom. The molecule has 0 aliphatic rings. The third kappa shape index (κ3) is 2.84. The minimum absolute atomic E-state index is 0.810. The number of halogens is 1. The second kappa shape index (κ2) is 7.27. The average molecular weight is 415 g/mol. The van der Waals surface area contributed by atoms with Crippen molar-refractivity contribution in [2.24, 2.45) is 0 Å². The highest BCUT2D eigenvalue weighted by molar-refractivity contribution is 6.42. The molecule has 0 aliphatic heterocycles. The summed E-state index contributed by atoms with van der Waals surface area (Å²) in [6.45, 7) is 0. The predicted octanol–water partition coefficient (Wildman–Crippen LogP) is 9.13. The van der Waals surface area contributed by atoms with Gasteiger partial charge in [0.25, 0.3) is 0 Å². The molecule has 6 rings (SSSR count). The van der Waals surface area contributed by atoms with E-state index in [4.69, 9.17) is 11.6 Å². The van der Waals surface area contributed by atoms with Crippen LogP contribution in [0.5, 0.6) is 0 Å². The van der Waals surface area contributed by atoms with E-state index in [1.807, 2.05) is 0 Å². The molecule has 1 heteroatoms. The molecule has 0 unspecified atom stereocenters. The van der Waals surface area contributed by atoms with Crippen molar-refractivity contribution in [2.75, 3.05) is 0 Å². The van der Waals surface area contributed by atoms with Crippen molar-refractivity contribution < 1.29 is 0 Å². The second-order valence-corrected chi connectivity index (χ2v) is 8.23. The van der Waals surface area contributed by atoms with Crippen molar-refractivity contribution in [3.63, 3.8) is 0 Å². The van der Waals surface area contributed by atoms with Crippen LogP contribution in [0.4, 0.5) is 0 Å². The number of benzene rings is 6. The summed E-state index contributed by atoms with van der Waals surface area (Å²) in [6, 6.07) is 40.6. The minimum atomic E-state index is 0.810. The van der Waals surface area contributed by atoms with Gasteiger partial charge in [0.05, 0.1) is 5.02 Å². The van der Waals surface area contributed by atoms with Gasteiger partial charge in [0.15, 0.2) is 0 Å². The molecule has 0 bridgehead atoms. The molecule has 0 spiro atoms. The van der Waals surface area contributed by atoms with Gasteiger partial charge in [-0.05, 0) is 43.6 Å². The maximum absolute atomic E-state index is 7.15. The first-order valence-electron chi connectivity index (χ1n) is 10.5. The zero-order valence-electron chi connectivity index (χ0n) is 16.8. The maximum Gasteiger partial charge on any atom is 0.0569 e. The number of rotatable bonds is 2. The molecule has 0 aliphatic carbocycles. The number of hydrogen-bond donors (Lipinski definition) is 0. The van der Waals surface area contributed by atoms with E-state index in [-0.39, 0.29) is 0 Å². The van der Waals surface area contributed by atoms with Gasteiger partial charge in [0.1, 0.15) is 0 Å². The molecule has 6 aromatic rings. The molecule has 0 fully saturated rings. The Hall–Kier alpha value is -3.61. The van der Waals surface area contributed by atoms with Gasteiger partial charge in [-0.15, -0.1) is 0 Å². The Morgan fingerprint density at radius 2 is 0.968 bits per heavy atom. The van der Waals surface area contributed by atoms with E-state index in [0.717, 1.165) is 16.0 Å². The van der Waals surface area contributed by atoms with Crippen LogP contribution in [-0.4, -0.2) is 0 Å². The summed E-state index contributed by atoms with van der Waals surface area (Å²) in [5, 5.41) is 7.95. The van der Waals surface area contributed by atoms with E-state index in [0.29, 0.717) is 0 Å². The van der Waals surface area contributed by atoms with Gasteiger partial charge in [-0.3, -0.25) is 0 Å². The first kappa shape index (κ1) is 18.2. The maximum atomic E-state index is 7.15. The van der Waals surface area contributed by atoms with Crippen LogP contribution >= 0.6 is 11.6 Å². The van der Waals surface area contributed by atoms with Crippen LogP contribution in [0, 0.1) is 0 Å². The van der Waals surface area contributed by atoms with E-state index in [9.17, 15) is 0 Å². The van der Waals surface area contributed by atoms with Gasteiger partial charge in [0, 0.05) is 10.9 Å². The second-order valence-electron chi connectivity index (χ2n) is 7.86. The molecule has 0 nitrogen and oxygen atoms in total. The third-order valence-corrected chi connectivity index (χ3v) is 6.52. The van der Waals surface area contributed by atoms with Crippen molar-refractivity contribution in [3.8, 4) is 22.3 Å². The first-order chi connectivity index (χ1) is 15.3. The Balaban J connectivity index is 1.81. The molecular weight excluding hydrogens is 396 g/mol. The van der Waals surface area contributed by atoms with Gasteiger partial charge in [-0.2, -0.15) is 0 Å². The molecule has 0 aromatic heterocycles. The Kier molecular flexibility index (Phi) is 4.26. The van der Waals surface area contributed by atoms with Crippen LogP contribution in [-0.2, 0) is 0 Å². The molecule has 31 heavy (non-hydrogen) atoms. The summed E-state index contributed by atoms with van der Waals surface area (Å²) in [6.07, 6.45) is 0. The topological polar surface area (TPSA) is 0 Å². The van der Waals surface area contributed by atoms with Gasteiger partial charge in [-0.1, -0.05) is 127 Å². The summed E-state index contributed by atoms with van der Waals surface area (Å²) in [5.41, 5.74) is 4.71. The fourth-order valence-corrected chi connectivity index (χ4v) is 5.14. The first-order valence-corrected chi connectivity index (χ1v) is 10.9. The predicted molar refractivity (Wildman–Crippen MR) is 135 cm³/mol. The molecule has 0 saturated heterocycles. The molecule has 146 valence electrons. The molecule has 0 saturated carbocycles. The normalized spacial score (nSPS) is 11.4. The van der Waals surface area contributed by atoms with Crippen molar-refractivity contribution in [1.82, 2.24) is 0 Å². The summed E-state index contributed by atoms with van der Waals surface area (Å²) < 4.78 is 0. The van der Waals surface area contributed by atoms with Gasteiger partial charge < -0.3 is 0 Å². The number of hydrogen-bond acceptors (Lipinski definition) is 0. The summed E-state index contributed by atoms with van der Waals surface area (Å²) in [7, 11) is 0. The van der Waals surface area contributed by atoms with Crippen molar-refractivity contribution in [2.45, 2.75) is 0 Å². The lowest BCUT2D eigenvalue weighted by Gasteiger charge is -2.17. The van der Waals surface area contributed by atoms with E-state index < -0.39 is 0 Å². The molecule has 0 heterocycles. The Labute approximate surface area is 186 Å². The highest BCUT2D eigenvalue weighted by atomic mass is 35.5. The highest BCUT2D eigenvalue weighted by Crippen LogP contribution is 2.45. The van der Waals surface area contributed by atoms with Gasteiger partial charge in [-0.25, -0.2) is 0 Å².